The minimum atomic E-state index is -0.0471. The quantitative estimate of drug-likeness (QED) is 0.763. The summed E-state index contributed by atoms with van der Waals surface area (Å²) in [5.74, 6) is 0. The van der Waals surface area contributed by atoms with Gasteiger partial charge in [-0.25, -0.2) is 4.79 Å². The number of anilines is 2. The van der Waals surface area contributed by atoms with Crippen LogP contribution in [0, 0.1) is 0 Å². The molecule has 2 amide bonds. The zero-order valence-electron chi connectivity index (χ0n) is 13.3. The van der Waals surface area contributed by atoms with Crippen LogP contribution in [0.2, 0.25) is 0 Å². The molecule has 1 fully saturated rings. The van der Waals surface area contributed by atoms with E-state index in [4.69, 9.17) is 0 Å². The van der Waals surface area contributed by atoms with Crippen molar-refractivity contribution >= 4 is 28.3 Å². The molecule has 0 saturated carbocycles. The third kappa shape index (κ3) is 2.78. The summed E-state index contributed by atoms with van der Waals surface area (Å²) in [5.41, 5.74) is 3.00. The number of amides is 2. The zero-order chi connectivity index (χ0) is 16.4. The van der Waals surface area contributed by atoms with Crippen LogP contribution in [0.5, 0.6) is 0 Å². The highest BCUT2D eigenvalue weighted by molar-refractivity contribution is 6.01. The Morgan fingerprint density at radius 1 is 1.04 bits per heavy atom. The minimum absolute atomic E-state index is 0.0471. The van der Waals surface area contributed by atoms with Crippen molar-refractivity contribution in [3.05, 3.63) is 55.0 Å². The number of carbonyl (C=O) groups excluding carboxylic acids is 1. The van der Waals surface area contributed by atoms with Crippen molar-refractivity contribution in [3.63, 3.8) is 0 Å². The van der Waals surface area contributed by atoms with Crippen LogP contribution in [0.25, 0.3) is 10.9 Å². The Hall–Kier alpha value is -3.02. The summed E-state index contributed by atoms with van der Waals surface area (Å²) in [6, 6.07) is 11.9. The van der Waals surface area contributed by atoms with E-state index < -0.39 is 0 Å². The number of piperazine rings is 1. The minimum Gasteiger partial charge on any atom is -0.368 e. The van der Waals surface area contributed by atoms with Crippen molar-refractivity contribution in [1.29, 1.82) is 0 Å². The number of urea groups is 1. The highest BCUT2D eigenvalue weighted by atomic mass is 16.2. The maximum atomic E-state index is 12.5. The average Bonchev–Trinajstić information content (AvgIpc) is 3.06. The lowest BCUT2D eigenvalue weighted by molar-refractivity contribution is 0.208. The fourth-order valence-corrected chi connectivity index (χ4v) is 3.09. The highest BCUT2D eigenvalue weighted by Crippen LogP contribution is 2.23. The fraction of sp³-hybridized carbons (Fsp3) is 0.222. The largest absolute Gasteiger partial charge is 0.368 e. The Labute approximate surface area is 140 Å². The van der Waals surface area contributed by atoms with Gasteiger partial charge in [-0.2, -0.15) is 0 Å². The summed E-state index contributed by atoms with van der Waals surface area (Å²) < 4.78 is 0. The van der Waals surface area contributed by atoms with Gasteiger partial charge < -0.3 is 20.1 Å². The third-order valence-corrected chi connectivity index (χ3v) is 4.43. The lowest BCUT2D eigenvalue weighted by Gasteiger charge is -2.35. The monoisotopic (exact) mass is 321 g/mol. The number of rotatable bonds is 2. The van der Waals surface area contributed by atoms with Crippen LogP contribution < -0.4 is 10.2 Å². The second kappa shape index (κ2) is 6.23. The number of benzene rings is 1. The van der Waals surface area contributed by atoms with Gasteiger partial charge in [0.05, 0.1) is 5.69 Å². The molecule has 1 aromatic carbocycles. The fourth-order valence-electron chi connectivity index (χ4n) is 3.09. The summed E-state index contributed by atoms with van der Waals surface area (Å²) in [4.78, 5) is 23.9. The number of nitrogens with zero attached hydrogens (tertiary/aromatic N) is 3. The van der Waals surface area contributed by atoms with Gasteiger partial charge in [0.1, 0.15) is 0 Å². The second-order valence-electron chi connectivity index (χ2n) is 5.86. The van der Waals surface area contributed by atoms with E-state index in [9.17, 15) is 4.79 Å². The van der Waals surface area contributed by atoms with E-state index in [-0.39, 0.29) is 6.03 Å². The maximum Gasteiger partial charge on any atom is 0.322 e. The van der Waals surface area contributed by atoms with Crippen LogP contribution in [0.3, 0.4) is 0 Å². The predicted molar refractivity (Wildman–Crippen MR) is 95.3 cm³/mol. The van der Waals surface area contributed by atoms with Crippen LogP contribution in [-0.2, 0) is 0 Å². The van der Waals surface area contributed by atoms with Gasteiger partial charge in [-0.05, 0) is 18.2 Å². The molecule has 6 nitrogen and oxygen atoms in total. The Morgan fingerprint density at radius 2 is 1.79 bits per heavy atom. The Balaban J connectivity index is 1.40. The van der Waals surface area contributed by atoms with Crippen molar-refractivity contribution in [2.24, 2.45) is 0 Å². The number of fused-ring (bicyclic) bond motifs is 1. The Bertz CT molecular complexity index is 837. The Morgan fingerprint density at radius 3 is 2.58 bits per heavy atom. The van der Waals surface area contributed by atoms with Gasteiger partial charge in [0.25, 0.3) is 0 Å². The van der Waals surface area contributed by atoms with Crippen molar-refractivity contribution in [1.82, 2.24) is 14.9 Å². The lowest BCUT2D eigenvalue weighted by atomic mass is 10.2. The first-order valence-corrected chi connectivity index (χ1v) is 8.08. The standard InChI is InChI=1S/C18H19N5O/c24-18(21-17-13-20-16-4-2-1-3-15(16)17)23-11-9-22(10-12-23)14-5-7-19-8-6-14/h1-8,13,20H,9-12H2,(H,21,24). The summed E-state index contributed by atoms with van der Waals surface area (Å²) in [6.07, 6.45) is 5.44. The molecule has 2 aromatic heterocycles. The van der Waals surface area contributed by atoms with Crippen molar-refractivity contribution in [3.8, 4) is 0 Å². The highest BCUT2D eigenvalue weighted by Gasteiger charge is 2.21. The number of aromatic nitrogens is 2. The number of hydrogen-bond donors (Lipinski definition) is 2. The molecule has 3 aromatic rings. The molecule has 1 aliphatic heterocycles. The predicted octanol–water partition coefficient (Wildman–Crippen LogP) is 2.92. The number of nitrogens with one attached hydrogen (secondary N) is 2. The second-order valence-corrected chi connectivity index (χ2v) is 5.86. The van der Waals surface area contributed by atoms with Gasteiger partial charge in [-0.3, -0.25) is 4.98 Å². The molecule has 4 rings (SSSR count). The smallest absolute Gasteiger partial charge is 0.322 e. The lowest BCUT2D eigenvalue weighted by Crippen LogP contribution is -2.50. The molecule has 1 aliphatic rings. The molecule has 0 spiro atoms. The topological polar surface area (TPSA) is 64.3 Å². The Kier molecular flexibility index (Phi) is 3.78. The van der Waals surface area contributed by atoms with E-state index in [1.807, 2.05) is 47.5 Å². The number of hydrogen-bond acceptors (Lipinski definition) is 3. The molecule has 0 radical (unpaired) electrons. The van der Waals surface area contributed by atoms with Gasteiger partial charge in [-0.1, -0.05) is 18.2 Å². The van der Waals surface area contributed by atoms with Gasteiger partial charge >= 0.3 is 6.03 Å². The van der Waals surface area contributed by atoms with E-state index >= 15 is 0 Å². The number of carbonyl (C=O) groups is 1. The van der Waals surface area contributed by atoms with E-state index in [1.54, 1.807) is 12.4 Å². The summed E-state index contributed by atoms with van der Waals surface area (Å²) in [5, 5.41) is 4.05. The van der Waals surface area contributed by atoms with Crippen LogP contribution in [0.15, 0.2) is 55.0 Å². The first-order valence-electron chi connectivity index (χ1n) is 8.08. The molecule has 122 valence electrons. The molecular formula is C18H19N5O. The van der Waals surface area contributed by atoms with Crippen LogP contribution in [0.4, 0.5) is 16.2 Å². The van der Waals surface area contributed by atoms with E-state index in [1.165, 1.54) is 0 Å². The maximum absolute atomic E-state index is 12.5. The number of para-hydroxylation sites is 1. The summed E-state index contributed by atoms with van der Waals surface area (Å²) in [7, 11) is 0. The van der Waals surface area contributed by atoms with Crippen LogP contribution in [-0.4, -0.2) is 47.1 Å². The first kappa shape index (κ1) is 14.6. The molecule has 0 atom stereocenters. The summed E-state index contributed by atoms with van der Waals surface area (Å²) >= 11 is 0. The number of aromatic amines is 1. The van der Waals surface area contributed by atoms with Gasteiger partial charge in [0.2, 0.25) is 0 Å². The zero-order valence-corrected chi connectivity index (χ0v) is 13.3. The average molecular weight is 321 g/mol. The molecule has 3 heterocycles. The van der Waals surface area contributed by atoms with Gasteiger partial charge in [0.15, 0.2) is 0 Å². The number of H-pyrrole nitrogens is 1. The molecular weight excluding hydrogens is 302 g/mol. The molecule has 0 unspecified atom stereocenters. The van der Waals surface area contributed by atoms with Crippen molar-refractivity contribution < 1.29 is 4.79 Å². The van der Waals surface area contributed by atoms with Gasteiger partial charge in [0, 0.05) is 61.4 Å². The molecule has 6 heteroatoms. The normalized spacial score (nSPS) is 14.8. The van der Waals surface area contributed by atoms with Crippen molar-refractivity contribution in [2.75, 3.05) is 36.4 Å². The third-order valence-electron chi connectivity index (χ3n) is 4.43. The van der Waals surface area contributed by atoms with E-state index in [2.05, 4.69) is 20.2 Å². The summed E-state index contributed by atoms with van der Waals surface area (Å²) in [6.45, 7) is 3.06. The van der Waals surface area contributed by atoms with Crippen molar-refractivity contribution in [2.45, 2.75) is 0 Å². The number of pyridine rings is 1. The molecule has 1 saturated heterocycles. The molecule has 0 bridgehead atoms. The first-order chi connectivity index (χ1) is 11.8. The SMILES string of the molecule is O=C(Nc1c[nH]c2ccccc12)N1CCN(c2ccncc2)CC1. The molecule has 2 N–H and O–H groups in total. The van der Waals surface area contributed by atoms with Crippen LogP contribution >= 0.6 is 0 Å². The molecule has 0 aliphatic carbocycles. The van der Waals surface area contributed by atoms with Gasteiger partial charge in [-0.15, -0.1) is 0 Å². The van der Waals surface area contributed by atoms with E-state index in [0.29, 0.717) is 13.1 Å². The van der Waals surface area contributed by atoms with Crippen LogP contribution in [0.1, 0.15) is 0 Å². The van der Waals surface area contributed by atoms with E-state index in [0.717, 1.165) is 35.4 Å². The molecule has 24 heavy (non-hydrogen) atoms.